The molecule has 0 saturated carbocycles. The van der Waals surface area contributed by atoms with Crippen LogP contribution < -0.4 is 5.73 Å². The van der Waals surface area contributed by atoms with Crippen molar-refractivity contribution in [3.05, 3.63) is 23.3 Å². The van der Waals surface area contributed by atoms with Crippen molar-refractivity contribution in [3.63, 3.8) is 0 Å². The minimum atomic E-state index is 0.154. The average molecular weight is 223 g/mol. The SMILES string of the molecule is CCSCc1ncc2c(n1)CCCC2N. The van der Waals surface area contributed by atoms with Crippen molar-refractivity contribution in [1.29, 1.82) is 0 Å². The topological polar surface area (TPSA) is 51.8 Å². The second-order valence-corrected chi connectivity index (χ2v) is 5.10. The Bertz CT molecular complexity index is 341. The van der Waals surface area contributed by atoms with Crippen LogP contribution in [0.3, 0.4) is 0 Å². The van der Waals surface area contributed by atoms with Gasteiger partial charge in [0.2, 0.25) is 0 Å². The Balaban J connectivity index is 2.18. The Morgan fingerprint density at radius 2 is 2.47 bits per heavy atom. The first-order valence-electron chi connectivity index (χ1n) is 5.49. The quantitative estimate of drug-likeness (QED) is 0.852. The van der Waals surface area contributed by atoms with Crippen LogP contribution in [-0.4, -0.2) is 15.7 Å². The van der Waals surface area contributed by atoms with Gasteiger partial charge in [0.15, 0.2) is 0 Å². The normalized spacial score (nSPS) is 20.0. The summed E-state index contributed by atoms with van der Waals surface area (Å²) in [4.78, 5) is 8.96. The van der Waals surface area contributed by atoms with Crippen LogP contribution >= 0.6 is 11.8 Å². The third-order valence-corrected chi connectivity index (χ3v) is 3.58. The lowest BCUT2D eigenvalue weighted by molar-refractivity contribution is 0.554. The highest BCUT2D eigenvalue weighted by Crippen LogP contribution is 2.26. The Hall–Kier alpha value is -0.610. The van der Waals surface area contributed by atoms with Gasteiger partial charge in [-0.2, -0.15) is 11.8 Å². The molecule has 0 aliphatic heterocycles. The molecule has 2 N–H and O–H groups in total. The fourth-order valence-electron chi connectivity index (χ4n) is 1.89. The van der Waals surface area contributed by atoms with Crippen LogP contribution in [0.2, 0.25) is 0 Å². The van der Waals surface area contributed by atoms with E-state index in [1.54, 1.807) is 0 Å². The average Bonchev–Trinajstić information content (AvgIpc) is 2.26. The van der Waals surface area contributed by atoms with E-state index < -0.39 is 0 Å². The summed E-state index contributed by atoms with van der Waals surface area (Å²) < 4.78 is 0. The summed E-state index contributed by atoms with van der Waals surface area (Å²) in [5.41, 5.74) is 8.35. The molecule has 2 rings (SSSR count). The molecule has 1 aliphatic carbocycles. The molecule has 0 aromatic carbocycles. The lowest BCUT2D eigenvalue weighted by Gasteiger charge is -2.20. The second-order valence-electron chi connectivity index (χ2n) is 3.82. The van der Waals surface area contributed by atoms with Crippen LogP contribution in [0.15, 0.2) is 6.20 Å². The molecular formula is C11H17N3S. The number of aryl methyl sites for hydroxylation is 1. The molecule has 0 amide bonds. The maximum atomic E-state index is 6.01. The third kappa shape index (κ3) is 2.49. The number of thioether (sulfide) groups is 1. The third-order valence-electron chi connectivity index (χ3n) is 2.71. The first-order valence-corrected chi connectivity index (χ1v) is 6.64. The van der Waals surface area contributed by atoms with Gasteiger partial charge in [-0.05, 0) is 25.0 Å². The summed E-state index contributed by atoms with van der Waals surface area (Å²) in [6.07, 6.45) is 5.22. The van der Waals surface area contributed by atoms with E-state index in [9.17, 15) is 0 Å². The van der Waals surface area contributed by atoms with Crippen molar-refractivity contribution in [1.82, 2.24) is 9.97 Å². The van der Waals surface area contributed by atoms with Crippen molar-refractivity contribution in [2.24, 2.45) is 5.73 Å². The molecular weight excluding hydrogens is 206 g/mol. The van der Waals surface area contributed by atoms with Gasteiger partial charge in [-0.15, -0.1) is 0 Å². The van der Waals surface area contributed by atoms with Gasteiger partial charge < -0.3 is 5.73 Å². The number of nitrogens with zero attached hydrogens (tertiary/aromatic N) is 2. The Morgan fingerprint density at radius 1 is 1.60 bits per heavy atom. The summed E-state index contributed by atoms with van der Waals surface area (Å²) in [5.74, 6) is 2.98. The lowest BCUT2D eigenvalue weighted by Crippen LogP contribution is -2.19. The molecule has 82 valence electrons. The van der Waals surface area contributed by atoms with E-state index in [1.165, 1.54) is 5.69 Å². The van der Waals surface area contributed by atoms with Crippen LogP contribution in [0.1, 0.15) is 42.9 Å². The number of nitrogens with two attached hydrogens (primary N) is 1. The molecule has 3 nitrogen and oxygen atoms in total. The van der Waals surface area contributed by atoms with Gasteiger partial charge in [-0.1, -0.05) is 6.92 Å². The zero-order valence-electron chi connectivity index (χ0n) is 9.07. The van der Waals surface area contributed by atoms with E-state index in [0.29, 0.717) is 0 Å². The van der Waals surface area contributed by atoms with Crippen LogP contribution in [0.4, 0.5) is 0 Å². The standard InChI is InChI=1S/C11H17N3S/c1-2-15-7-11-13-6-8-9(12)4-3-5-10(8)14-11/h6,9H,2-5,7,12H2,1H3. The number of fused-ring (bicyclic) bond motifs is 1. The first kappa shape index (κ1) is 10.9. The fraction of sp³-hybridized carbons (Fsp3) is 0.636. The molecule has 1 unspecified atom stereocenters. The van der Waals surface area contributed by atoms with Gasteiger partial charge in [0.1, 0.15) is 5.82 Å². The molecule has 1 heterocycles. The van der Waals surface area contributed by atoms with Crippen LogP contribution in [0.25, 0.3) is 0 Å². The molecule has 1 aromatic heterocycles. The summed E-state index contributed by atoms with van der Waals surface area (Å²) >= 11 is 1.86. The smallest absolute Gasteiger partial charge is 0.138 e. The van der Waals surface area contributed by atoms with Crippen LogP contribution in [0.5, 0.6) is 0 Å². The highest BCUT2D eigenvalue weighted by molar-refractivity contribution is 7.98. The molecule has 1 atom stereocenters. The molecule has 15 heavy (non-hydrogen) atoms. The monoisotopic (exact) mass is 223 g/mol. The molecule has 0 radical (unpaired) electrons. The molecule has 0 spiro atoms. The molecule has 0 fully saturated rings. The lowest BCUT2D eigenvalue weighted by atomic mass is 9.93. The largest absolute Gasteiger partial charge is 0.324 e. The van der Waals surface area contributed by atoms with E-state index in [4.69, 9.17) is 5.73 Å². The summed E-state index contributed by atoms with van der Waals surface area (Å²) in [5, 5.41) is 0. The van der Waals surface area contributed by atoms with E-state index >= 15 is 0 Å². The zero-order chi connectivity index (χ0) is 10.7. The summed E-state index contributed by atoms with van der Waals surface area (Å²) in [6, 6.07) is 0.154. The Morgan fingerprint density at radius 3 is 3.27 bits per heavy atom. The molecule has 0 saturated heterocycles. The maximum absolute atomic E-state index is 6.01. The molecule has 4 heteroatoms. The Kier molecular flexibility index (Phi) is 3.59. The summed E-state index contributed by atoms with van der Waals surface area (Å²) in [7, 11) is 0. The van der Waals surface area contributed by atoms with Crippen molar-refractivity contribution < 1.29 is 0 Å². The molecule has 0 bridgehead atoms. The molecule has 1 aromatic rings. The second kappa shape index (κ2) is 4.94. The minimum Gasteiger partial charge on any atom is -0.324 e. The van der Waals surface area contributed by atoms with E-state index in [0.717, 1.165) is 42.2 Å². The number of aromatic nitrogens is 2. The number of hydrogen-bond donors (Lipinski definition) is 1. The number of rotatable bonds is 3. The first-order chi connectivity index (χ1) is 7.31. The van der Waals surface area contributed by atoms with E-state index in [1.807, 2.05) is 18.0 Å². The van der Waals surface area contributed by atoms with Gasteiger partial charge in [0.25, 0.3) is 0 Å². The Labute approximate surface area is 94.9 Å². The van der Waals surface area contributed by atoms with Crippen molar-refractivity contribution in [2.45, 2.75) is 38.0 Å². The predicted octanol–water partition coefficient (Wildman–Crippen LogP) is 2.07. The zero-order valence-corrected chi connectivity index (χ0v) is 9.89. The maximum Gasteiger partial charge on any atom is 0.138 e. The van der Waals surface area contributed by atoms with Crippen molar-refractivity contribution in [3.8, 4) is 0 Å². The van der Waals surface area contributed by atoms with Crippen LogP contribution in [-0.2, 0) is 12.2 Å². The van der Waals surface area contributed by atoms with Crippen molar-refractivity contribution in [2.75, 3.05) is 5.75 Å². The predicted molar refractivity (Wildman–Crippen MR) is 63.7 cm³/mol. The summed E-state index contributed by atoms with van der Waals surface area (Å²) in [6.45, 7) is 2.15. The van der Waals surface area contributed by atoms with E-state index in [-0.39, 0.29) is 6.04 Å². The van der Waals surface area contributed by atoms with Gasteiger partial charge in [-0.25, -0.2) is 9.97 Å². The minimum absolute atomic E-state index is 0.154. The van der Waals surface area contributed by atoms with Crippen molar-refractivity contribution >= 4 is 11.8 Å². The van der Waals surface area contributed by atoms with Gasteiger partial charge in [0.05, 0.1) is 5.75 Å². The fourth-order valence-corrected chi connectivity index (χ4v) is 2.41. The van der Waals surface area contributed by atoms with Gasteiger partial charge in [0, 0.05) is 23.5 Å². The van der Waals surface area contributed by atoms with Gasteiger partial charge in [-0.3, -0.25) is 0 Å². The molecule has 1 aliphatic rings. The highest BCUT2D eigenvalue weighted by Gasteiger charge is 2.18. The van der Waals surface area contributed by atoms with Crippen LogP contribution in [0, 0.1) is 0 Å². The van der Waals surface area contributed by atoms with E-state index in [2.05, 4.69) is 16.9 Å². The number of hydrogen-bond acceptors (Lipinski definition) is 4. The highest BCUT2D eigenvalue weighted by atomic mass is 32.2. The van der Waals surface area contributed by atoms with Gasteiger partial charge >= 0.3 is 0 Å².